The average Bonchev–Trinajstić information content (AvgIpc) is 2.58. The number of halogens is 1. The van der Waals surface area contributed by atoms with Crippen molar-refractivity contribution in [1.82, 2.24) is 10.3 Å². The number of hydrogen-bond donors (Lipinski definition) is 1. The van der Waals surface area contributed by atoms with Crippen molar-refractivity contribution in [2.75, 3.05) is 0 Å². The number of rotatable bonds is 5. The van der Waals surface area contributed by atoms with E-state index in [9.17, 15) is 10.1 Å². The van der Waals surface area contributed by atoms with Gasteiger partial charge in [-0.2, -0.15) is 5.26 Å². The Balaban J connectivity index is 1.81. The van der Waals surface area contributed by atoms with Crippen molar-refractivity contribution in [2.45, 2.75) is 25.3 Å². The first-order chi connectivity index (χ1) is 12.2. The van der Waals surface area contributed by atoms with Crippen LogP contribution in [-0.2, 0) is 4.79 Å². The molecule has 0 spiro atoms. The lowest BCUT2D eigenvalue weighted by molar-refractivity contribution is -0.118. The molecule has 1 heterocycles. The lowest BCUT2D eigenvalue weighted by atomic mass is 9.77. The van der Waals surface area contributed by atoms with Crippen molar-refractivity contribution in [3.05, 3.63) is 70.0 Å². The second-order valence-corrected chi connectivity index (χ2v) is 6.92. The van der Waals surface area contributed by atoms with Gasteiger partial charge in [-0.3, -0.25) is 4.79 Å². The van der Waals surface area contributed by atoms with Crippen molar-refractivity contribution < 1.29 is 4.79 Å². The van der Waals surface area contributed by atoms with Gasteiger partial charge in [-0.15, -0.1) is 0 Å². The van der Waals surface area contributed by atoms with Crippen molar-refractivity contribution >= 4 is 27.9 Å². The third-order valence-electron chi connectivity index (χ3n) is 4.46. The van der Waals surface area contributed by atoms with Crippen LogP contribution in [0.2, 0.25) is 0 Å². The third kappa shape index (κ3) is 4.34. The van der Waals surface area contributed by atoms with Crippen LogP contribution < -0.4 is 5.32 Å². The van der Waals surface area contributed by atoms with Gasteiger partial charge in [0.05, 0.1) is 11.7 Å². The van der Waals surface area contributed by atoms with Crippen LogP contribution in [0.4, 0.5) is 0 Å². The van der Waals surface area contributed by atoms with E-state index in [2.05, 4.69) is 26.2 Å². The predicted molar refractivity (Wildman–Crippen MR) is 100 cm³/mol. The summed E-state index contributed by atoms with van der Waals surface area (Å²) in [5, 5.41) is 12.5. The van der Waals surface area contributed by atoms with Gasteiger partial charge in [0.25, 0.3) is 5.91 Å². The summed E-state index contributed by atoms with van der Waals surface area (Å²) < 4.78 is 0.663. The van der Waals surface area contributed by atoms with Crippen LogP contribution in [0.15, 0.2) is 58.7 Å². The third-order valence-corrected chi connectivity index (χ3v) is 4.90. The van der Waals surface area contributed by atoms with Crippen LogP contribution in [0, 0.1) is 17.2 Å². The maximum Gasteiger partial charge on any atom is 0.262 e. The molecule has 1 aromatic carbocycles. The minimum absolute atomic E-state index is 0.0605. The van der Waals surface area contributed by atoms with Gasteiger partial charge in [-0.05, 0) is 58.5 Å². The summed E-state index contributed by atoms with van der Waals surface area (Å²) in [4.78, 5) is 16.9. The Labute approximate surface area is 155 Å². The Hall–Kier alpha value is -2.45. The van der Waals surface area contributed by atoms with Gasteiger partial charge in [-0.1, -0.05) is 42.8 Å². The van der Waals surface area contributed by atoms with Crippen LogP contribution in [0.5, 0.6) is 0 Å². The number of hydrogen-bond acceptors (Lipinski definition) is 3. The smallest absolute Gasteiger partial charge is 0.262 e. The van der Waals surface area contributed by atoms with Gasteiger partial charge in [0.15, 0.2) is 0 Å². The van der Waals surface area contributed by atoms with Crippen LogP contribution in [0.1, 0.15) is 36.6 Å². The number of nitriles is 1. The Morgan fingerprint density at radius 2 is 2.00 bits per heavy atom. The molecule has 1 amide bonds. The summed E-state index contributed by atoms with van der Waals surface area (Å²) in [6.45, 7) is 0. The molecule has 1 aromatic heterocycles. The molecule has 1 N–H and O–H groups in total. The van der Waals surface area contributed by atoms with E-state index in [-0.39, 0.29) is 17.5 Å². The lowest BCUT2D eigenvalue weighted by Crippen LogP contribution is -2.36. The van der Waals surface area contributed by atoms with Gasteiger partial charge in [0.1, 0.15) is 16.2 Å². The number of carbonyl (C=O) groups excluding carboxylic acids is 1. The first-order valence-electron chi connectivity index (χ1n) is 8.27. The number of benzene rings is 1. The Morgan fingerprint density at radius 1 is 1.24 bits per heavy atom. The van der Waals surface area contributed by atoms with Gasteiger partial charge >= 0.3 is 0 Å². The highest BCUT2D eigenvalue weighted by molar-refractivity contribution is 9.10. The summed E-state index contributed by atoms with van der Waals surface area (Å²) in [5.74, 6) is 0.0697. The standard InChI is InChI=1S/C20H18BrN3O/c21-18-11-5-10-17(23-18)12-16(13-22)20(25)24-19(15-8-4-9-15)14-6-2-1-3-7-14/h1-3,5-7,10-12,15,19H,4,8-9H2,(H,24,25)/b16-12+. The summed E-state index contributed by atoms with van der Waals surface area (Å²) >= 11 is 3.29. The van der Waals surface area contributed by atoms with E-state index in [0.717, 1.165) is 18.4 Å². The maximum absolute atomic E-state index is 12.7. The predicted octanol–water partition coefficient (Wildman–Crippen LogP) is 4.41. The number of nitrogens with one attached hydrogen (secondary N) is 1. The van der Waals surface area contributed by atoms with Crippen LogP contribution in [0.3, 0.4) is 0 Å². The zero-order chi connectivity index (χ0) is 17.6. The van der Waals surface area contributed by atoms with Gasteiger partial charge in [0, 0.05) is 0 Å². The largest absolute Gasteiger partial charge is 0.344 e. The molecule has 0 bridgehead atoms. The molecule has 1 unspecified atom stereocenters. The van der Waals surface area contributed by atoms with Gasteiger partial charge in [0.2, 0.25) is 0 Å². The molecule has 0 aliphatic heterocycles. The highest BCUT2D eigenvalue weighted by Crippen LogP contribution is 2.37. The van der Waals surface area contributed by atoms with E-state index in [1.165, 1.54) is 12.5 Å². The molecule has 4 nitrogen and oxygen atoms in total. The molecule has 126 valence electrons. The summed E-state index contributed by atoms with van der Waals surface area (Å²) in [5.41, 5.74) is 1.71. The van der Waals surface area contributed by atoms with Crippen LogP contribution >= 0.6 is 15.9 Å². The zero-order valence-corrected chi connectivity index (χ0v) is 15.2. The van der Waals surface area contributed by atoms with Crippen molar-refractivity contribution in [1.29, 1.82) is 5.26 Å². The normalized spacial score (nSPS) is 15.8. The minimum Gasteiger partial charge on any atom is -0.344 e. The second-order valence-electron chi connectivity index (χ2n) is 6.11. The molecule has 1 aliphatic carbocycles. The number of nitrogens with zero attached hydrogens (tertiary/aromatic N) is 2. The number of pyridine rings is 1. The molecule has 1 saturated carbocycles. The highest BCUT2D eigenvalue weighted by atomic mass is 79.9. The maximum atomic E-state index is 12.7. The van der Waals surface area contributed by atoms with E-state index in [4.69, 9.17) is 0 Å². The average molecular weight is 396 g/mol. The highest BCUT2D eigenvalue weighted by Gasteiger charge is 2.30. The molecular weight excluding hydrogens is 378 g/mol. The number of amides is 1. The summed E-state index contributed by atoms with van der Waals surface area (Å²) in [6.07, 6.45) is 4.90. The number of aromatic nitrogens is 1. The van der Waals surface area contributed by atoms with Gasteiger partial charge in [-0.25, -0.2) is 4.98 Å². The van der Waals surface area contributed by atoms with Crippen molar-refractivity contribution in [3.63, 3.8) is 0 Å². The molecule has 5 heteroatoms. The molecule has 25 heavy (non-hydrogen) atoms. The van der Waals surface area contributed by atoms with E-state index in [0.29, 0.717) is 16.2 Å². The fraction of sp³-hybridized carbons (Fsp3) is 0.250. The molecule has 0 radical (unpaired) electrons. The van der Waals surface area contributed by atoms with Crippen molar-refractivity contribution in [2.24, 2.45) is 5.92 Å². The molecule has 1 fully saturated rings. The van der Waals surface area contributed by atoms with Crippen molar-refractivity contribution in [3.8, 4) is 6.07 Å². The zero-order valence-electron chi connectivity index (χ0n) is 13.7. The summed E-state index contributed by atoms with van der Waals surface area (Å²) in [7, 11) is 0. The second kappa shape index (κ2) is 8.09. The minimum atomic E-state index is -0.356. The molecule has 0 saturated heterocycles. The quantitative estimate of drug-likeness (QED) is 0.463. The molecule has 1 atom stereocenters. The monoisotopic (exact) mass is 395 g/mol. The van der Waals surface area contributed by atoms with E-state index < -0.39 is 0 Å². The van der Waals surface area contributed by atoms with Crippen LogP contribution in [-0.4, -0.2) is 10.9 Å². The van der Waals surface area contributed by atoms with E-state index in [1.54, 1.807) is 12.1 Å². The number of carbonyl (C=O) groups is 1. The SMILES string of the molecule is N#C/C(=C\c1cccc(Br)n1)C(=O)NC(c1ccccc1)C1CCC1. The lowest BCUT2D eigenvalue weighted by Gasteiger charge is -2.34. The molecule has 2 aromatic rings. The Kier molecular flexibility index (Phi) is 5.62. The Bertz CT molecular complexity index is 822. The van der Waals surface area contributed by atoms with Gasteiger partial charge < -0.3 is 5.32 Å². The fourth-order valence-electron chi connectivity index (χ4n) is 2.93. The van der Waals surface area contributed by atoms with E-state index in [1.807, 2.05) is 42.5 Å². The fourth-order valence-corrected chi connectivity index (χ4v) is 3.28. The molecule has 1 aliphatic rings. The van der Waals surface area contributed by atoms with E-state index >= 15 is 0 Å². The van der Waals surface area contributed by atoms with Crippen LogP contribution in [0.25, 0.3) is 6.08 Å². The molecule has 3 rings (SSSR count). The first-order valence-corrected chi connectivity index (χ1v) is 9.07. The molecular formula is C20H18BrN3O. The first kappa shape index (κ1) is 17.4. The topological polar surface area (TPSA) is 65.8 Å². The Morgan fingerprint density at radius 3 is 2.60 bits per heavy atom. The summed E-state index contributed by atoms with van der Waals surface area (Å²) in [6, 6.07) is 17.3.